The lowest BCUT2D eigenvalue weighted by molar-refractivity contribution is -0.121. The summed E-state index contributed by atoms with van der Waals surface area (Å²) in [6.45, 7) is 3.02. The molecule has 0 atom stereocenters. The topological polar surface area (TPSA) is 55.1 Å². The standard InChI is InChI=1S/C11H16N2O/c1-9-2-4-10(5-3-9)8-13-11(14)6-7-12/h2-5H,6-8,12H2,1H3,(H,13,14). The molecular formula is C11H16N2O. The molecule has 0 unspecified atom stereocenters. The maximum absolute atomic E-state index is 11.1. The van der Waals surface area contributed by atoms with Crippen LogP contribution in [0.2, 0.25) is 0 Å². The molecule has 3 N–H and O–H groups in total. The van der Waals surface area contributed by atoms with Crippen molar-refractivity contribution in [3.05, 3.63) is 35.4 Å². The van der Waals surface area contributed by atoms with Crippen LogP contribution in [0, 0.1) is 6.92 Å². The van der Waals surface area contributed by atoms with Crippen LogP contribution in [0.1, 0.15) is 17.5 Å². The van der Waals surface area contributed by atoms with Gasteiger partial charge in [-0.2, -0.15) is 0 Å². The number of hydrogen-bond donors (Lipinski definition) is 2. The summed E-state index contributed by atoms with van der Waals surface area (Å²) in [7, 11) is 0. The molecule has 0 saturated carbocycles. The van der Waals surface area contributed by atoms with Gasteiger partial charge < -0.3 is 11.1 Å². The lowest BCUT2D eigenvalue weighted by Crippen LogP contribution is -2.24. The summed E-state index contributed by atoms with van der Waals surface area (Å²) in [6, 6.07) is 8.09. The third-order valence-electron chi connectivity index (χ3n) is 1.98. The number of nitrogens with two attached hydrogens (primary N) is 1. The minimum absolute atomic E-state index is 0.00748. The van der Waals surface area contributed by atoms with Crippen LogP contribution < -0.4 is 11.1 Å². The summed E-state index contributed by atoms with van der Waals surface area (Å²) in [6.07, 6.45) is 0.395. The Balaban J connectivity index is 2.38. The zero-order valence-corrected chi connectivity index (χ0v) is 8.42. The van der Waals surface area contributed by atoms with E-state index in [1.165, 1.54) is 5.56 Å². The van der Waals surface area contributed by atoms with E-state index in [9.17, 15) is 4.79 Å². The Morgan fingerprint density at radius 3 is 2.57 bits per heavy atom. The molecule has 76 valence electrons. The van der Waals surface area contributed by atoms with Crippen LogP contribution >= 0.6 is 0 Å². The molecule has 0 bridgehead atoms. The van der Waals surface area contributed by atoms with Crippen LogP contribution in [-0.4, -0.2) is 12.5 Å². The fraction of sp³-hybridized carbons (Fsp3) is 0.364. The van der Waals surface area contributed by atoms with E-state index in [-0.39, 0.29) is 5.91 Å². The van der Waals surface area contributed by atoms with Gasteiger partial charge in [-0.3, -0.25) is 4.79 Å². The molecule has 1 aromatic rings. The molecule has 3 nitrogen and oxygen atoms in total. The third kappa shape index (κ3) is 3.58. The Bertz CT molecular complexity index is 293. The molecule has 0 heterocycles. The number of benzene rings is 1. The number of rotatable bonds is 4. The molecule has 0 radical (unpaired) electrons. The van der Waals surface area contributed by atoms with Crippen LogP contribution in [0.3, 0.4) is 0 Å². The predicted octanol–water partition coefficient (Wildman–Crippen LogP) is 0.960. The second kappa shape index (κ2) is 5.40. The summed E-state index contributed by atoms with van der Waals surface area (Å²) in [5.74, 6) is 0.00748. The molecule has 1 aromatic carbocycles. The van der Waals surface area contributed by atoms with Crippen molar-refractivity contribution in [1.82, 2.24) is 5.32 Å². The first-order valence-corrected chi connectivity index (χ1v) is 4.74. The second-order valence-electron chi connectivity index (χ2n) is 3.30. The Kier molecular flexibility index (Phi) is 4.13. The normalized spacial score (nSPS) is 9.86. The number of aryl methyl sites for hydroxylation is 1. The molecular weight excluding hydrogens is 176 g/mol. The van der Waals surface area contributed by atoms with Gasteiger partial charge in [-0.1, -0.05) is 29.8 Å². The summed E-state index contributed by atoms with van der Waals surface area (Å²) < 4.78 is 0. The zero-order valence-electron chi connectivity index (χ0n) is 8.42. The minimum atomic E-state index is 0.00748. The van der Waals surface area contributed by atoms with Crippen LogP contribution in [0.5, 0.6) is 0 Å². The van der Waals surface area contributed by atoms with E-state index in [0.29, 0.717) is 19.5 Å². The molecule has 0 aliphatic rings. The van der Waals surface area contributed by atoms with Crippen LogP contribution in [0.4, 0.5) is 0 Å². The minimum Gasteiger partial charge on any atom is -0.352 e. The Labute approximate surface area is 84.3 Å². The van der Waals surface area contributed by atoms with Crippen LogP contribution in [0.15, 0.2) is 24.3 Å². The molecule has 1 rings (SSSR count). The van der Waals surface area contributed by atoms with Crippen molar-refractivity contribution in [2.75, 3.05) is 6.54 Å². The predicted molar refractivity (Wildman–Crippen MR) is 56.7 cm³/mol. The third-order valence-corrected chi connectivity index (χ3v) is 1.98. The molecule has 0 aromatic heterocycles. The highest BCUT2D eigenvalue weighted by Gasteiger charge is 1.98. The summed E-state index contributed by atoms with van der Waals surface area (Å²) >= 11 is 0. The first kappa shape index (κ1) is 10.7. The number of amides is 1. The average Bonchev–Trinajstić information content (AvgIpc) is 2.17. The Hall–Kier alpha value is -1.35. The molecule has 0 fully saturated rings. The number of carbonyl (C=O) groups is 1. The fourth-order valence-corrected chi connectivity index (χ4v) is 1.13. The maximum atomic E-state index is 11.1. The maximum Gasteiger partial charge on any atom is 0.221 e. The quantitative estimate of drug-likeness (QED) is 0.746. The van der Waals surface area contributed by atoms with E-state index >= 15 is 0 Å². The Morgan fingerprint density at radius 1 is 1.36 bits per heavy atom. The first-order valence-electron chi connectivity index (χ1n) is 4.74. The largest absolute Gasteiger partial charge is 0.352 e. The molecule has 0 saturated heterocycles. The molecule has 0 spiro atoms. The van der Waals surface area contributed by atoms with Crippen molar-refractivity contribution >= 4 is 5.91 Å². The zero-order chi connectivity index (χ0) is 10.4. The lowest BCUT2D eigenvalue weighted by atomic mass is 10.1. The highest BCUT2D eigenvalue weighted by molar-refractivity contribution is 5.75. The van der Waals surface area contributed by atoms with Gasteiger partial charge in [0.15, 0.2) is 0 Å². The van der Waals surface area contributed by atoms with Crippen molar-refractivity contribution in [2.45, 2.75) is 19.9 Å². The van der Waals surface area contributed by atoms with Crippen LogP contribution in [-0.2, 0) is 11.3 Å². The van der Waals surface area contributed by atoms with Crippen molar-refractivity contribution < 1.29 is 4.79 Å². The Morgan fingerprint density at radius 2 is 2.00 bits per heavy atom. The molecule has 1 amide bonds. The van der Waals surface area contributed by atoms with Gasteiger partial charge in [0.05, 0.1) is 0 Å². The van der Waals surface area contributed by atoms with Gasteiger partial charge in [0.25, 0.3) is 0 Å². The van der Waals surface area contributed by atoms with Gasteiger partial charge in [0, 0.05) is 19.5 Å². The highest BCUT2D eigenvalue weighted by atomic mass is 16.1. The molecule has 0 aliphatic carbocycles. The van der Waals surface area contributed by atoms with E-state index in [0.717, 1.165) is 5.56 Å². The summed E-state index contributed by atoms with van der Waals surface area (Å²) in [4.78, 5) is 11.1. The molecule has 0 aliphatic heterocycles. The van der Waals surface area contributed by atoms with E-state index in [4.69, 9.17) is 5.73 Å². The number of nitrogens with one attached hydrogen (secondary N) is 1. The van der Waals surface area contributed by atoms with Crippen LogP contribution in [0.25, 0.3) is 0 Å². The lowest BCUT2D eigenvalue weighted by Gasteiger charge is -2.04. The number of carbonyl (C=O) groups excluding carboxylic acids is 1. The van der Waals surface area contributed by atoms with Gasteiger partial charge in [0.2, 0.25) is 5.91 Å². The summed E-state index contributed by atoms with van der Waals surface area (Å²) in [5.41, 5.74) is 7.59. The van der Waals surface area contributed by atoms with Gasteiger partial charge in [-0.25, -0.2) is 0 Å². The fourth-order valence-electron chi connectivity index (χ4n) is 1.13. The van der Waals surface area contributed by atoms with Gasteiger partial charge in [-0.15, -0.1) is 0 Å². The van der Waals surface area contributed by atoms with E-state index < -0.39 is 0 Å². The highest BCUT2D eigenvalue weighted by Crippen LogP contribution is 2.02. The van der Waals surface area contributed by atoms with Gasteiger partial charge in [-0.05, 0) is 12.5 Å². The smallest absolute Gasteiger partial charge is 0.221 e. The first-order chi connectivity index (χ1) is 6.72. The summed E-state index contributed by atoms with van der Waals surface area (Å²) in [5, 5.41) is 2.80. The van der Waals surface area contributed by atoms with E-state index in [1.807, 2.05) is 31.2 Å². The van der Waals surface area contributed by atoms with Gasteiger partial charge in [0.1, 0.15) is 0 Å². The van der Waals surface area contributed by atoms with Gasteiger partial charge >= 0.3 is 0 Å². The van der Waals surface area contributed by atoms with Crippen molar-refractivity contribution in [3.63, 3.8) is 0 Å². The van der Waals surface area contributed by atoms with E-state index in [2.05, 4.69) is 5.32 Å². The monoisotopic (exact) mass is 192 g/mol. The SMILES string of the molecule is Cc1ccc(CNC(=O)CCN)cc1. The van der Waals surface area contributed by atoms with E-state index in [1.54, 1.807) is 0 Å². The van der Waals surface area contributed by atoms with Crippen molar-refractivity contribution in [2.24, 2.45) is 5.73 Å². The second-order valence-corrected chi connectivity index (χ2v) is 3.30. The van der Waals surface area contributed by atoms with Crippen molar-refractivity contribution in [3.8, 4) is 0 Å². The average molecular weight is 192 g/mol. The van der Waals surface area contributed by atoms with Crippen molar-refractivity contribution in [1.29, 1.82) is 0 Å². The molecule has 3 heteroatoms. The number of hydrogen-bond acceptors (Lipinski definition) is 2. The molecule has 14 heavy (non-hydrogen) atoms.